The van der Waals surface area contributed by atoms with Crippen LogP contribution in [0.4, 0.5) is 0 Å². The van der Waals surface area contributed by atoms with Crippen LogP contribution in [0.3, 0.4) is 0 Å². The minimum Gasteiger partial charge on any atom is -0.292 e. The van der Waals surface area contributed by atoms with Gasteiger partial charge in [-0.15, -0.1) is 0 Å². The van der Waals surface area contributed by atoms with Gasteiger partial charge < -0.3 is 0 Å². The molecule has 2 heterocycles. The maximum absolute atomic E-state index is 5.39. The summed E-state index contributed by atoms with van der Waals surface area (Å²) in [6, 6.07) is 54.1. The fourth-order valence-electron chi connectivity index (χ4n) is 7.37. The molecule has 9 aromatic rings. The van der Waals surface area contributed by atoms with Crippen molar-refractivity contribution >= 4 is 43.6 Å². The number of aromatic nitrogens is 3. The number of fused-ring (bicyclic) bond motifs is 4. The number of rotatable bonds is 3. The minimum absolute atomic E-state index is 0.835. The first kappa shape index (κ1) is 24.4. The number of hydrogen-bond donors (Lipinski definition) is 0. The average Bonchev–Trinajstić information content (AvgIpc) is 3.39. The van der Waals surface area contributed by atoms with Crippen LogP contribution >= 0.6 is 0 Å². The van der Waals surface area contributed by atoms with E-state index in [0.29, 0.717) is 0 Å². The summed E-state index contributed by atoms with van der Waals surface area (Å²) in [7, 11) is 0. The van der Waals surface area contributed by atoms with Gasteiger partial charge in [-0.25, -0.2) is 9.97 Å². The Balaban J connectivity index is 1.36. The second kappa shape index (κ2) is 9.22. The zero-order valence-corrected chi connectivity index (χ0v) is 24.3. The quantitative estimate of drug-likeness (QED) is 0.211. The highest BCUT2D eigenvalue weighted by molar-refractivity contribution is 6.30. The monoisotopic (exact) mass is 571 g/mol. The molecule has 0 saturated carbocycles. The van der Waals surface area contributed by atoms with Crippen LogP contribution in [-0.2, 0) is 0 Å². The summed E-state index contributed by atoms with van der Waals surface area (Å²) >= 11 is 0. The summed E-state index contributed by atoms with van der Waals surface area (Å²) < 4.78 is 2.35. The second-order valence-electron chi connectivity index (χ2n) is 11.8. The third-order valence-electron chi connectivity index (χ3n) is 9.31. The molecule has 0 aliphatic heterocycles. The summed E-state index contributed by atoms with van der Waals surface area (Å²) in [5, 5.41) is 5.06. The zero-order chi connectivity index (χ0) is 29.5. The predicted octanol–water partition coefficient (Wildman–Crippen LogP) is 10.9. The molecule has 0 fully saturated rings. The standard InChI is InChI=1S/C42H25N3/c1-2-11-26(12-3-1)28-14-8-15-29(25-28)41-42(44-35-21-7-6-20-34(35)43-41)45-36-22-10-19-33-31-17-5-4-16-30(31)32-18-9-13-27-23-24-37(45)40(38(27)32)39(33)36/h1-25H. The molecular formula is C42H25N3. The Kier molecular flexibility index (Phi) is 5.00. The van der Waals surface area contributed by atoms with Crippen molar-refractivity contribution in [2.24, 2.45) is 0 Å². The average molecular weight is 572 g/mol. The Hall–Kier alpha value is -6.06. The van der Waals surface area contributed by atoms with Crippen molar-refractivity contribution in [2.45, 2.75) is 0 Å². The Morgan fingerprint density at radius 2 is 0.978 bits per heavy atom. The van der Waals surface area contributed by atoms with Gasteiger partial charge in [-0.05, 0) is 74.5 Å². The Morgan fingerprint density at radius 1 is 0.378 bits per heavy atom. The predicted molar refractivity (Wildman–Crippen MR) is 187 cm³/mol. The highest BCUT2D eigenvalue weighted by Crippen LogP contribution is 2.49. The van der Waals surface area contributed by atoms with Crippen molar-refractivity contribution in [1.29, 1.82) is 0 Å². The van der Waals surface area contributed by atoms with Gasteiger partial charge in [0, 0.05) is 16.3 Å². The lowest BCUT2D eigenvalue weighted by molar-refractivity contribution is 1.08. The van der Waals surface area contributed by atoms with Crippen molar-refractivity contribution in [2.75, 3.05) is 0 Å². The molecule has 45 heavy (non-hydrogen) atoms. The molecule has 1 aliphatic carbocycles. The lowest BCUT2D eigenvalue weighted by atomic mass is 9.93. The van der Waals surface area contributed by atoms with E-state index in [4.69, 9.17) is 9.97 Å². The number of nitrogens with zero attached hydrogens (tertiary/aromatic N) is 3. The molecule has 0 radical (unpaired) electrons. The van der Waals surface area contributed by atoms with Gasteiger partial charge in [-0.3, -0.25) is 4.57 Å². The van der Waals surface area contributed by atoms with Crippen LogP contribution in [0.5, 0.6) is 0 Å². The van der Waals surface area contributed by atoms with E-state index in [0.717, 1.165) is 44.7 Å². The van der Waals surface area contributed by atoms with Gasteiger partial charge >= 0.3 is 0 Å². The SMILES string of the molecule is c1ccc(-c2cccc(-c3nc4ccccc4nc3-n3c4cccc5c4c4c6c(cccc6ccc43)-c3ccccc3-5)c2)cc1. The fourth-order valence-corrected chi connectivity index (χ4v) is 7.37. The summed E-state index contributed by atoms with van der Waals surface area (Å²) in [5.41, 5.74) is 13.3. The lowest BCUT2D eigenvalue weighted by Gasteiger charge is -2.16. The number of hydrogen-bond acceptors (Lipinski definition) is 2. The molecule has 3 nitrogen and oxygen atoms in total. The van der Waals surface area contributed by atoms with E-state index in [1.165, 1.54) is 49.4 Å². The van der Waals surface area contributed by atoms with Crippen LogP contribution in [-0.4, -0.2) is 14.5 Å². The molecule has 0 amide bonds. The smallest absolute Gasteiger partial charge is 0.165 e. The normalized spacial score (nSPS) is 12.0. The fraction of sp³-hybridized carbons (Fsp3) is 0. The van der Waals surface area contributed by atoms with Crippen LogP contribution in [0, 0.1) is 0 Å². The van der Waals surface area contributed by atoms with Crippen LogP contribution < -0.4 is 0 Å². The molecule has 0 bridgehead atoms. The van der Waals surface area contributed by atoms with Gasteiger partial charge in [0.25, 0.3) is 0 Å². The summed E-state index contributed by atoms with van der Waals surface area (Å²) in [6.07, 6.45) is 0. The maximum Gasteiger partial charge on any atom is 0.165 e. The Bertz CT molecular complexity index is 2650. The lowest BCUT2D eigenvalue weighted by Crippen LogP contribution is -2.04. The van der Waals surface area contributed by atoms with Crippen LogP contribution in [0.15, 0.2) is 152 Å². The third kappa shape index (κ3) is 3.46. The first-order chi connectivity index (χ1) is 22.3. The van der Waals surface area contributed by atoms with E-state index in [2.05, 4.69) is 144 Å². The molecular weight excluding hydrogens is 546 g/mol. The van der Waals surface area contributed by atoms with E-state index in [-0.39, 0.29) is 0 Å². The molecule has 0 unspecified atom stereocenters. The third-order valence-corrected chi connectivity index (χ3v) is 9.31. The highest BCUT2D eigenvalue weighted by Gasteiger charge is 2.26. The number of benzene rings is 7. The molecule has 0 saturated heterocycles. The van der Waals surface area contributed by atoms with Gasteiger partial charge in [0.15, 0.2) is 5.82 Å². The van der Waals surface area contributed by atoms with Gasteiger partial charge in [0.1, 0.15) is 5.69 Å². The molecule has 7 aromatic carbocycles. The Labute approximate surface area is 259 Å². The van der Waals surface area contributed by atoms with Crippen molar-refractivity contribution in [1.82, 2.24) is 14.5 Å². The first-order valence-corrected chi connectivity index (χ1v) is 15.4. The number of para-hydroxylation sites is 2. The van der Waals surface area contributed by atoms with Crippen molar-refractivity contribution < 1.29 is 0 Å². The van der Waals surface area contributed by atoms with Crippen molar-refractivity contribution in [3.05, 3.63) is 152 Å². The highest BCUT2D eigenvalue weighted by atomic mass is 15.1. The van der Waals surface area contributed by atoms with E-state index >= 15 is 0 Å². The topological polar surface area (TPSA) is 30.7 Å². The minimum atomic E-state index is 0.835. The maximum atomic E-state index is 5.39. The van der Waals surface area contributed by atoms with E-state index in [9.17, 15) is 0 Å². The molecule has 2 aromatic heterocycles. The molecule has 208 valence electrons. The molecule has 0 spiro atoms. The molecule has 0 atom stereocenters. The molecule has 1 aliphatic rings. The summed E-state index contributed by atoms with van der Waals surface area (Å²) in [5.74, 6) is 0.835. The van der Waals surface area contributed by atoms with Crippen LogP contribution in [0.2, 0.25) is 0 Å². The Morgan fingerprint density at radius 3 is 1.80 bits per heavy atom. The van der Waals surface area contributed by atoms with Crippen LogP contribution in [0.25, 0.3) is 94.1 Å². The van der Waals surface area contributed by atoms with Crippen molar-refractivity contribution in [3.8, 4) is 50.5 Å². The summed E-state index contributed by atoms with van der Waals surface area (Å²) in [6.45, 7) is 0. The van der Waals surface area contributed by atoms with Gasteiger partial charge in [0.05, 0.1) is 22.1 Å². The van der Waals surface area contributed by atoms with E-state index in [1.807, 2.05) is 12.1 Å². The van der Waals surface area contributed by atoms with Gasteiger partial charge in [-0.1, -0.05) is 121 Å². The van der Waals surface area contributed by atoms with E-state index < -0.39 is 0 Å². The molecule has 3 heteroatoms. The van der Waals surface area contributed by atoms with Gasteiger partial charge in [0.2, 0.25) is 0 Å². The van der Waals surface area contributed by atoms with Gasteiger partial charge in [-0.2, -0.15) is 0 Å². The molecule has 0 N–H and O–H groups in total. The van der Waals surface area contributed by atoms with Crippen molar-refractivity contribution in [3.63, 3.8) is 0 Å². The van der Waals surface area contributed by atoms with Crippen LogP contribution in [0.1, 0.15) is 0 Å². The zero-order valence-electron chi connectivity index (χ0n) is 24.3. The molecule has 10 rings (SSSR count). The first-order valence-electron chi connectivity index (χ1n) is 15.4. The second-order valence-corrected chi connectivity index (χ2v) is 11.8. The van der Waals surface area contributed by atoms with E-state index in [1.54, 1.807) is 0 Å². The largest absolute Gasteiger partial charge is 0.292 e. The summed E-state index contributed by atoms with van der Waals surface area (Å²) in [4.78, 5) is 10.7.